The fraction of sp³-hybridized carbons (Fsp3) is 0.200. The lowest BCUT2D eigenvalue weighted by atomic mass is 9.81. The van der Waals surface area contributed by atoms with Crippen molar-refractivity contribution in [3.05, 3.63) is 117 Å². The van der Waals surface area contributed by atoms with E-state index in [4.69, 9.17) is 9.47 Å². The fourth-order valence-corrected chi connectivity index (χ4v) is 3.89. The fourth-order valence-electron chi connectivity index (χ4n) is 3.89. The van der Waals surface area contributed by atoms with Gasteiger partial charge in [-0.15, -0.1) is 0 Å². The number of hydrogen-bond donors (Lipinski definition) is 0. The van der Waals surface area contributed by atoms with Crippen molar-refractivity contribution in [1.29, 1.82) is 0 Å². The lowest BCUT2D eigenvalue weighted by molar-refractivity contribution is 0.102. The molecule has 2 unspecified atom stereocenters. The van der Waals surface area contributed by atoms with Crippen molar-refractivity contribution < 1.29 is 9.47 Å². The quantitative estimate of drug-likeness (QED) is 0.469. The lowest BCUT2D eigenvalue weighted by Gasteiger charge is -2.31. The summed E-state index contributed by atoms with van der Waals surface area (Å²) in [4.78, 5) is 0. The smallest absolute Gasteiger partial charge is 0.116 e. The summed E-state index contributed by atoms with van der Waals surface area (Å²) in [5.74, 6) is 13.4. The first-order valence-electron chi connectivity index (χ1n) is 10.7. The van der Waals surface area contributed by atoms with Crippen LogP contribution in [0.5, 0.6) is 0 Å². The van der Waals surface area contributed by atoms with E-state index in [1.54, 1.807) is 14.2 Å². The molecule has 0 fully saturated rings. The third kappa shape index (κ3) is 4.53. The van der Waals surface area contributed by atoms with E-state index in [9.17, 15) is 0 Å². The van der Waals surface area contributed by atoms with Crippen LogP contribution in [0.15, 0.2) is 83.9 Å². The predicted molar refractivity (Wildman–Crippen MR) is 129 cm³/mol. The van der Waals surface area contributed by atoms with E-state index in [0.29, 0.717) is 0 Å². The van der Waals surface area contributed by atoms with Gasteiger partial charge in [0.15, 0.2) is 0 Å². The molecule has 0 aromatic heterocycles. The van der Waals surface area contributed by atoms with E-state index in [1.807, 2.05) is 36.4 Å². The average Bonchev–Trinajstić information content (AvgIpc) is 2.82. The summed E-state index contributed by atoms with van der Waals surface area (Å²) in [7, 11) is 3.43. The molecule has 2 heteroatoms. The van der Waals surface area contributed by atoms with Crippen LogP contribution in [-0.2, 0) is 9.47 Å². The van der Waals surface area contributed by atoms with Gasteiger partial charge in [-0.2, -0.15) is 0 Å². The van der Waals surface area contributed by atoms with Crippen molar-refractivity contribution in [2.45, 2.75) is 26.1 Å². The Balaban J connectivity index is 1.88. The summed E-state index contributed by atoms with van der Waals surface area (Å²) in [6.07, 6.45) is -0.587. The van der Waals surface area contributed by atoms with Crippen molar-refractivity contribution >= 4 is 0 Å². The second-order valence-corrected chi connectivity index (χ2v) is 7.92. The zero-order chi connectivity index (χ0) is 22.5. The van der Waals surface area contributed by atoms with Crippen LogP contribution in [-0.4, -0.2) is 14.2 Å². The molecule has 0 radical (unpaired) electrons. The van der Waals surface area contributed by atoms with E-state index in [-0.39, 0.29) is 12.2 Å². The highest BCUT2D eigenvalue weighted by molar-refractivity contribution is 5.60. The Morgan fingerprint density at radius 2 is 0.906 bits per heavy atom. The summed E-state index contributed by atoms with van der Waals surface area (Å²) < 4.78 is 11.9. The first-order valence-corrected chi connectivity index (χ1v) is 10.7. The van der Waals surface area contributed by atoms with E-state index < -0.39 is 0 Å². The molecule has 0 amide bonds. The molecule has 0 heterocycles. The Hall–Kier alpha value is -3.56. The van der Waals surface area contributed by atoms with Gasteiger partial charge in [-0.25, -0.2) is 0 Å². The van der Waals surface area contributed by atoms with Crippen LogP contribution in [0.25, 0.3) is 0 Å². The minimum absolute atomic E-state index is 0.294. The SMILES string of the molecule is COC1C(C#Cc2ccc(C)cc2)=C(C#Cc2ccc(C)cc2)C(OC)c2ccccc21. The van der Waals surface area contributed by atoms with Crippen LogP contribution in [0.1, 0.15) is 45.6 Å². The molecule has 3 aromatic carbocycles. The molecule has 1 aliphatic carbocycles. The van der Waals surface area contributed by atoms with Gasteiger partial charge < -0.3 is 9.47 Å². The zero-order valence-electron chi connectivity index (χ0n) is 18.9. The van der Waals surface area contributed by atoms with Crippen molar-refractivity contribution in [2.24, 2.45) is 0 Å². The molecule has 0 aliphatic heterocycles. The molecule has 3 aromatic rings. The Morgan fingerprint density at radius 1 is 0.531 bits per heavy atom. The first kappa shape index (κ1) is 21.7. The van der Waals surface area contributed by atoms with Gasteiger partial charge in [0.05, 0.1) is 11.1 Å². The molecule has 0 saturated carbocycles. The number of ether oxygens (including phenoxy) is 2. The number of aryl methyl sites for hydroxylation is 2. The molecule has 4 rings (SSSR count). The Labute approximate surface area is 190 Å². The van der Waals surface area contributed by atoms with Crippen LogP contribution >= 0.6 is 0 Å². The maximum absolute atomic E-state index is 5.94. The molecule has 2 atom stereocenters. The molecule has 2 nitrogen and oxygen atoms in total. The van der Waals surface area contributed by atoms with Gasteiger partial charge in [0.2, 0.25) is 0 Å². The zero-order valence-corrected chi connectivity index (χ0v) is 18.9. The van der Waals surface area contributed by atoms with E-state index >= 15 is 0 Å². The number of methoxy groups -OCH3 is 2. The minimum Gasteiger partial charge on any atom is -0.371 e. The molecule has 0 saturated heterocycles. The Bertz CT molecular complexity index is 1160. The summed E-state index contributed by atoms with van der Waals surface area (Å²) in [5, 5.41) is 0. The summed E-state index contributed by atoms with van der Waals surface area (Å²) in [6, 6.07) is 24.6. The third-order valence-corrected chi connectivity index (χ3v) is 5.63. The van der Waals surface area contributed by atoms with Crippen molar-refractivity contribution in [1.82, 2.24) is 0 Å². The molecule has 0 spiro atoms. The number of rotatable bonds is 2. The predicted octanol–water partition coefficient (Wildman–Crippen LogP) is 6.09. The van der Waals surface area contributed by atoms with Gasteiger partial charge in [-0.05, 0) is 49.2 Å². The standard InChI is InChI=1S/C30H26O2/c1-21-9-13-23(14-10-21)17-19-27-28(20-18-24-15-11-22(2)12-16-24)30(32-4)26-8-6-5-7-25(26)29(27)31-3/h5-16,29-30H,1-4H3. The molecule has 0 bridgehead atoms. The molecule has 0 N–H and O–H groups in total. The van der Waals surface area contributed by atoms with Crippen molar-refractivity contribution in [3.8, 4) is 23.7 Å². The van der Waals surface area contributed by atoms with Gasteiger partial charge in [0, 0.05) is 25.3 Å². The Kier molecular flexibility index (Phi) is 6.58. The highest BCUT2D eigenvalue weighted by Gasteiger charge is 2.33. The lowest BCUT2D eigenvalue weighted by Crippen LogP contribution is -2.20. The normalized spacial score (nSPS) is 17.0. The van der Waals surface area contributed by atoms with Crippen molar-refractivity contribution in [2.75, 3.05) is 14.2 Å². The van der Waals surface area contributed by atoms with Crippen LogP contribution in [0.4, 0.5) is 0 Å². The molecule has 158 valence electrons. The van der Waals surface area contributed by atoms with Crippen molar-refractivity contribution in [3.63, 3.8) is 0 Å². The summed E-state index contributed by atoms with van der Waals surface area (Å²) >= 11 is 0. The minimum atomic E-state index is -0.294. The van der Waals surface area contributed by atoms with Crippen LogP contribution in [0, 0.1) is 37.5 Å². The van der Waals surface area contributed by atoms with E-state index in [2.05, 4.69) is 73.9 Å². The highest BCUT2D eigenvalue weighted by atomic mass is 16.5. The van der Waals surface area contributed by atoms with Crippen LogP contribution < -0.4 is 0 Å². The maximum Gasteiger partial charge on any atom is 0.116 e. The maximum atomic E-state index is 5.94. The van der Waals surface area contributed by atoms with Gasteiger partial charge in [0.1, 0.15) is 12.2 Å². The number of fused-ring (bicyclic) bond motifs is 1. The van der Waals surface area contributed by atoms with Gasteiger partial charge in [-0.3, -0.25) is 0 Å². The molecule has 32 heavy (non-hydrogen) atoms. The van der Waals surface area contributed by atoms with Gasteiger partial charge in [-0.1, -0.05) is 83.3 Å². The van der Waals surface area contributed by atoms with E-state index in [1.165, 1.54) is 11.1 Å². The third-order valence-electron chi connectivity index (χ3n) is 5.63. The summed E-state index contributed by atoms with van der Waals surface area (Å²) in [5.41, 5.74) is 8.15. The molecular formula is C30H26O2. The Morgan fingerprint density at radius 3 is 1.25 bits per heavy atom. The van der Waals surface area contributed by atoms with Gasteiger partial charge in [0.25, 0.3) is 0 Å². The van der Waals surface area contributed by atoms with Gasteiger partial charge >= 0.3 is 0 Å². The van der Waals surface area contributed by atoms with Crippen LogP contribution in [0.3, 0.4) is 0 Å². The van der Waals surface area contributed by atoms with Crippen LogP contribution in [0.2, 0.25) is 0 Å². The van der Waals surface area contributed by atoms with E-state index in [0.717, 1.165) is 33.4 Å². The highest BCUT2D eigenvalue weighted by Crippen LogP contribution is 2.43. The molecular weight excluding hydrogens is 392 g/mol. The largest absolute Gasteiger partial charge is 0.371 e. The molecule has 1 aliphatic rings. The average molecular weight is 419 g/mol. The topological polar surface area (TPSA) is 18.5 Å². The second kappa shape index (κ2) is 9.71. The number of hydrogen-bond acceptors (Lipinski definition) is 2. The second-order valence-electron chi connectivity index (χ2n) is 7.92. The number of benzene rings is 3. The monoisotopic (exact) mass is 418 g/mol. The summed E-state index contributed by atoms with van der Waals surface area (Å²) in [6.45, 7) is 4.14. The first-order chi connectivity index (χ1) is 15.6.